The number of nitriles is 1. The van der Waals surface area contributed by atoms with E-state index in [0.717, 1.165) is 38.0 Å². The monoisotopic (exact) mass is 216 g/mol. The minimum atomic E-state index is -0.187. The number of aliphatic hydroxyl groups is 1. The van der Waals surface area contributed by atoms with Gasteiger partial charge in [-0.3, -0.25) is 4.90 Å². The molecule has 1 N–H and O–H groups in total. The number of aliphatic hydroxyl groups excluding tert-OH is 1. The molecule has 1 heterocycles. The molecule has 84 valence electrons. The van der Waals surface area contributed by atoms with Crippen LogP contribution in [0.15, 0.2) is 24.3 Å². The van der Waals surface area contributed by atoms with Gasteiger partial charge in [0.25, 0.3) is 0 Å². The molecule has 0 aromatic heterocycles. The first kappa shape index (κ1) is 11.1. The van der Waals surface area contributed by atoms with Crippen molar-refractivity contribution < 1.29 is 5.11 Å². The molecule has 0 spiro atoms. The molecule has 3 heteroatoms. The predicted octanol–water partition coefficient (Wildman–Crippen LogP) is 1.51. The Kier molecular flexibility index (Phi) is 3.55. The maximum absolute atomic E-state index is 9.56. The minimum Gasteiger partial charge on any atom is -0.392 e. The van der Waals surface area contributed by atoms with Gasteiger partial charge in [-0.2, -0.15) is 5.26 Å². The van der Waals surface area contributed by atoms with Gasteiger partial charge < -0.3 is 5.11 Å². The highest BCUT2D eigenvalue weighted by atomic mass is 16.3. The lowest BCUT2D eigenvalue weighted by molar-refractivity contribution is 0.0668. The van der Waals surface area contributed by atoms with Crippen LogP contribution >= 0.6 is 0 Å². The number of β-amino-alcohol motifs (C(OH)–C–C–N with tert-alkyl or cyclic N) is 1. The van der Waals surface area contributed by atoms with Crippen LogP contribution in [-0.2, 0) is 6.54 Å². The molecule has 2 rings (SSSR count). The third-order valence-corrected chi connectivity index (χ3v) is 2.94. The summed E-state index contributed by atoms with van der Waals surface area (Å²) in [4.78, 5) is 2.24. The smallest absolute Gasteiger partial charge is 0.0991 e. The molecule has 0 unspecified atom stereocenters. The zero-order valence-electron chi connectivity index (χ0n) is 9.26. The minimum absolute atomic E-state index is 0.187. The summed E-state index contributed by atoms with van der Waals surface area (Å²) >= 11 is 0. The number of piperidine rings is 1. The van der Waals surface area contributed by atoms with Crippen molar-refractivity contribution in [2.75, 3.05) is 13.1 Å². The number of rotatable bonds is 2. The summed E-state index contributed by atoms with van der Waals surface area (Å²) in [5.41, 5.74) is 1.85. The van der Waals surface area contributed by atoms with Crippen LogP contribution in [0, 0.1) is 11.3 Å². The first-order valence-electron chi connectivity index (χ1n) is 5.67. The predicted molar refractivity (Wildman–Crippen MR) is 61.7 cm³/mol. The van der Waals surface area contributed by atoms with E-state index in [9.17, 15) is 5.11 Å². The largest absolute Gasteiger partial charge is 0.392 e. The zero-order chi connectivity index (χ0) is 11.4. The van der Waals surface area contributed by atoms with Gasteiger partial charge in [0.05, 0.1) is 17.7 Å². The normalized spacial score (nSPS) is 21.6. The Balaban J connectivity index is 2.00. The Morgan fingerprint density at radius 3 is 3.12 bits per heavy atom. The summed E-state index contributed by atoms with van der Waals surface area (Å²) in [6.45, 7) is 2.61. The quantitative estimate of drug-likeness (QED) is 0.815. The van der Waals surface area contributed by atoms with Gasteiger partial charge in [0.2, 0.25) is 0 Å². The molecule has 16 heavy (non-hydrogen) atoms. The third-order valence-electron chi connectivity index (χ3n) is 2.94. The van der Waals surface area contributed by atoms with E-state index in [-0.39, 0.29) is 6.10 Å². The van der Waals surface area contributed by atoms with Crippen molar-refractivity contribution in [2.45, 2.75) is 25.5 Å². The summed E-state index contributed by atoms with van der Waals surface area (Å²) in [5.74, 6) is 0. The fraction of sp³-hybridized carbons (Fsp3) is 0.462. The second-order valence-corrected chi connectivity index (χ2v) is 4.34. The van der Waals surface area contributed by atoms with E-state index in [4.69, 9.17) is 5.26 Å². The zero-order valence-corrected chi connectivity index (χ0v) is 9.26. The molecule has 0 radical (unpaired) electrons. The van der Waals surface area contributed by atoms with Crippen LogP contribution in [0.2, 0.25) is 0 Å². The first-order valence-corrected chi connectivity index (χ1v) is 5.67. The molecule has 1 aromatic rings. The van der Waals surface area contributed by atoms with Crippen molar-refractivity contribution in [3.05, 3.63) is 35.4 Å². The maximum atomic E-state index is 9.56. The lowest BCUT2D eigenvalue weighted by Gasteiger charge is -2.29. The molecule has 1 aliphatic rings. The van der Waals surface area contributed by atoms with Gasteiger partial charge in [0.15, 0.2) is 0 Å². The van der Waals surface area contributed by atoms with Crippen molar-refractivity contribution >= 4 is 0 Å². The van der Waals surface area contributed by atoms with E-state index < -0.39 is 0 Å². The molecule has 1 fully saturated rings. The van der Waals surface area contributed by atoms with Crippen LogP contribution in [0.25, 0.3) is 0 Å². The van der Waals surface area contributed by atoms with Gasteiger partial charge in [0.1, 0.15) is 0 Å². The summed E-state index contributed by atoms with van der Waals surface area (Å²) in [7, 11) is 0. The Bertz CT molecular complexity index is 397. The van der Waals surface area contributed by atoms with Crippen LogP contribution in [0.4, 0.5) is 0 Å². The van der Waals surface area contributed by atoms with Crippen LogP contribution in [0.3, 0.4) is 0 Å². The lowest BCUT2D eigenvalue weighted by atomic mass is 10.1. The van der Waals surface area contributed by atoms with Gasteiger partial charge in [-0.15, -0.1) is 0 Å². The van der Waals surface area contributed by atoms with Crippen LogP contribution in [-0.4, -0.2) is 29.2 Å². The van der Waals surface area contributed by atoms with Crippen molar-refractivity contribution in [1.29, 1.82) is 5.26 Å². The number of benzene rings is 1. The molecule has 0 aliphatic carbocycles. The molecule has 0 saturated carbocycles. The first-order chi connectivity index (χ1) is 7.78. The van der Waals surface area contributed by atoms with E-state index in [1.807, 2.05) is 24.3 Å². The Labute approximate surface area is 95.9 Å². The summed E-state index contributed by atoms with van der Waals surface area (Å²) in [5, 5.41) is 18.4. The average Bonchev–Trinajstić information content (AvgIpc) is 2.29. The standard InChI is InChI=1S/C13H16N2O/c14-8-11-3-1-4-12(7-11)9-15-6-2-5-13(16)10-15/h1,3-4,7,13,16H,2,5-6,9-10H2/t13-/m1/s1. The Morgan fingerprint density at radius 2 is 2.38 bits per heavy atom. The van der Waals surface area contributed by atoms with Crippen LogP contribution < -0.4 is 0 Å². The van der Waals surface area contributed by atoms with E-state index in [1.165, 1.54) is 0 Å². The SMILES string of the molecule is N#Cc1cccc(CN2CCC[C@@H](O)C2)c1. The van der Waals surface area contributed by atoms with Gasteiger partial charge in [0, 0.05) is 13.1 Å². The van der Waals surface area contributed by atoms with Crippen molar-refractivity contribution in [3.8, 4) is 6.07 Å². The number of nitrogens with zero attached hydrogens (tertiary/aromatic N) is 2. The maximum Gasteiger partial charge on any atom is 0.0991 e. The lowest BCUT2D eigenvalue weighted by Crippen LogP contribution is -2.37. The highest BCUT2D eigenvalue weighted by molar-refractivity contribution is 5.32. The van der Waals surface area contributed by atoms with E-state index in [1.54, 1.807) is 0 Å². The molecule has 1 aromatic carbocycles. The molecule has 1 saturated heterocycles. The molecule has 0 bridgehead atoms. The highest BCUT2D eigenvalue weighted by Gasteiger charge is 2.17. The summed E-state index contributed by atoms with van der Waals surface area (Å²) in [6, 6.07) is 9.82. The second kappa shape index (κ2) is 5.11. The molecule has 1 atom stereocenters. The van der Waals surface area contributed by atoms with Crippen molar-refractivity contribution in [2.24, 2.45) is 0 Å². The third kappa shape index (κ3) is 2.82. The second-order valence-electron chi connectivity index (χ2n) is 4.34. The van der Waals surface area contributed by atoms with E-state index in [0.29, 0.717) is 5.56 Å². The fourth-order valence-electron chi connectivity index (χ4n) is 2.17. The number of likely N-dealkylation sites (tertiary alicyclic amines) is 1. The molecule has 1 aliphatic heterocycles. The van der Waals surface area contributed by atoms with E-state index >= 15 is 0 Å². The molecule has 0 amide bonds. The van der Waals surface area contributed by atoms with Crippen molar-refractivity contribution in [1.82, 2.24) is 4.90 Å². The Morgan fingerprint density at radius 1 is 1.50 bits per heavy atom. The van der Waals surface area contributed by atoms with Crippen LogP contribution in [0.5, 0.6) is 0 Å². The van der Waals surface area contributed by atoms with Gasteiger partial charge in [-0.05, 0) is 37.1 Å². The van der Waals surface area contributed by atoms with Crippen molar-refractivity contribution in [3.63, 3.8) is 0 Å². The fourth-order valence-corrected chi connectivity index (χ4v) is 2.17. The van der Waals surface area contributed by atoms with Gasteiger partial charge >= 0.3 is 0 Å². The number of hydrogen-bond acceptors (Lipinski definition) is 3. The number of hydrogen-bond donors (Lipinski definition) is 1. The highest BCUT2D eigenvalue weighted by Crippen LogP contribution is 2.14. The van der Waals surface area contributed by atoms with Crippen LogP contribution in [0.1, 0.15) is 24.0 Å². The molecule has 3 nitrogen and oxygen atoms in total. The van der Waals surface area contributed by atoms with Gasteiger partial charge in [-0.1, -0.05) is 12.1 Å². The Hall–Kier alpha value is -1.37. The summed E-state index contributed by atoms with van der Waals surface area (Å²) < 4.78 is 0. The van der Waals surface area contributed by atoms with E-state index in [2.05, 4.69) is 11.0 Å². The topological polar surface area (TPSA) is 47.3 Å². The molecular formula is C13H16N2O. The molecular weight excluding hydrogens is 200 g/mol. The average molecular weight is 216 g/mol. The summed E-state index contributed by atoms with van der Waals surface area (Å²) in [6.07, 6.45) is 1.78. The van der Waals surface area contributed by atoms with Gasteiger partial charge in [-0.25, -0.2) is 0 Å².